The SMILES string of the molecule is N#Cc1cccc(COc2ccc(C=O)cc2Br)c1F. The van der Waals surface area contributed by atoms with Gasteiger partial charge in [0.25, 0.3) is 0 Å². The van der Waals surface area contributed by atoms with E-state index in [1.165, 1.54) is 6.07 Å². The topological polar surface area (TPSA) is 50.1 Å². The lowest BCUT2D eigenvalue weighted by Gasteiger charge is -2.09. The van der Waals surface area contributed by atoms with E-state index in [2.05, 4.69) is 15.9 Å². The Morgan fingerprint density at radius 2 is 2.15 bits per heavy atom. The van der Waals surface area contributed by atoms with Gasteiger partial charge in [-0.05, 0) is 40.2 Å². The Labute approximate surface area is 123 Å². The molecular weight excluding hydrogens is 325 g/mol. The summed E-state index contributed by atoms with van der Waals surface area (Å²) in [6.45, 7) is 0.000386. The molecule has 0 aliphatic rings. The first-order valence-electron chi connectivity index (χ1n) is 5.70. The van der Waals surface area contributed by atoms with Gasteiger partial charge in [-0.2, -0.15) is 5.26 Å². The minimum atomic E-state index is -0.573. The second-order valence-corrected chi connectivity index (χ2v) is 4.84. The zero-order valence-corrected chi connectivity index (χ0v) is 11.9. The van der Waals surface area contributed by atoms with Crippen molar-refractivity contribution >= 4 is 22.2 Å². The number of hydrogen-bond acceptors (Lipinski definition) is 3. The van der Waals surface area contributed by atoms with Gasteiger partial charge in [-0.15, -0.1) is 0 Å². The highest BCUT2D eigenvalue weighted by molar-refractivity contribution is 9.10. The molecule has 0 unspecified atom stereocenters. The maximum absolute atomic E-state index is 13.8. The molecule has 0 aliphatic carbocycles. The highest BCUT2D eigenvalue weighted by atomic mass is 79.9. The molecule has 0 radical (unpaired) electrons. The number of hydrogen-bond donors (Lipinski definition) is 0. The molecular formula is C15H9BrFNO2. The van der Waals surface area contributed by atoms with Crippen molar-refractivity contribution in [3.05, 3.63) is 63.4 Å². The van der Waals surface area contributed by atoms with Crippen LogP contribution in [0, 0.1) is 17.1 Å². The normalized spacial score (nSPS) is 9.85. The number of ether oxygens (including phenoxy) is 1. The fourth-order valence-electron chi connectivity index (χ4n) is 1.64. The van der Waals surface area contributed by atoms with E-state index in [9.17, 15) is 9.18 Å². The lowest BCUT2D eigenvalue weighted by molar-refractivity contribution is 0.112. The van der Waals surface area contributed by atoms with Crippen LogP contribution >= 0.6 is 15.9 Å². The number of carbonyl (C=O) groups excluding carboxylic acids is 1. The van der Waals surface area contributed by atoms with Gasteiger partial charge < -0.3 is 4.74 Å². The summed E-state index contributed by atoms with van der Waals surface area (Å²) >= 11 is 3.28. The molecule has 5 heteroatoms. The van der Waals surface area contributed by atoms with Crippen LogP contribution in [0.4, 0.5) is 4.39 Å². The molecule has 20 heavy (non-hydrogen) atoms. The Morgan fingerprint density at radius 1 is 1.35 bits per heavy atom. The van der Waals surface area contributed by atoms with Crippen LogP contribution in [-0.2, 0) is 6.61 Å². The second-order valence-electron chi connectivity index (χ2n) is 3.99. The zero-order valence-electron chi connectivity index (χ0n) is 10.3. The van der Waals surface area contributed by atoms with E-state index in [1.807, 2.05) is 0 Å². The fourth-order valence-corrected chi connectivity index (χ4v) is 2.15. The second kappa shape index (κ2) is 6.31. The highest BCUT2D eigenvalue weighted by Gasteiger charge is 2.09. The molecule has 0 fully saturated rings. The van der Waals surface area contributed by atoms with Gasteiger partial charge in [0.2, 0.25) is 0 Å². The molecule has 100 valence electrons. The molecule has 0 aliphatic heterocycles. The number of benzene rings is 2. The summed E-state index contributed by atoms with van der Waals surface area (Å²) in [5, 5.41) is 8.76. The first-order chi connectivity index (χ1) is 9.65. The Hall–Kier alpha value is -2.19. The van der Waals surface area contributed by atoms with E-state index < -0.39 is 5.82 Å². The minimum Gasteiger partial charge on any atom is -0.488 e. The molecule has 0 atom stereocenters. The van der Waals surface area contributed by atoms with Crippen molar-refractivity contribution in [3.8, 4) is 11.8 Å². The average Bonchev–Trinajstić information content (AvgIpc) is 2.47. The van der Waals surface area contributed by atoms with Gasteiger partial charge in [0.1, 0.15) is 30.5 Å². The van der Waals surface area contributed by atoms with Gasteiger partial charge in [0.15, 0.2) is 0 Å². The smallest absolute Gasteiger partial charge is 0.150 e. The molecule has 0 amide bonds. The monoisotopic (exact) mass is 333 g/mol. The molecule has 2 aromatic carbocycles. The van der Waals surface area contributed by atoms with Crippen LogP contribution in [-0.4, -0.2) is 6.29 Å². The van der Waals surface area contributed by atoms with Crippen molar-refractivity contribution in [2.75, 3.05) is 0 Å². The molecule has 0 saturated heterocycles. The van der Waals surface area contributed by atoms with Crippen LogP contribution < -0.4 is 4.74 Å². The van der Waals surface area contributed by atoms with Gasteiger partial charge in [-0.25, -0.2) is 4.39 Å². The van der Waals surface area contributed by atoms with E-state index in [1.54, 1.807) is 36.4 Å². The Kier molecular flexibility index (Phi) is 4.49. The molecule has 0 heterocycles. The van der Waals surface area contributed by atoms with E-state index >= 15 is 0 Å². The summed E-state index contributed by atoms with van der Waals surface area (Å²) < 4.78 is 19.9. The number of carbonyl (C=O) groups is 1. The maximum atomic E-state index is 13.8. The molecule has 0 spiro atoms. The van der Waals surface area contributed by atoms with Crippen molar-refractivity contribution in [1.82, 2.24) is 0 Å². The first-order valence-corrected chi connectivity index (χ1v) is 6.50. The van der Waals surface area contributed by atoms with Crippen LogP contribution in [0.3, 0.4) is 0 Å². The van der Waals surface area contributed by atoms with Gasteiger partial charge in [-0.3, -0.25) is 4.79 Å². The number of nitriles is 1. The Bertz CT molecular complexity index is 695. The van der Waals surface area contributed by atoms with Crippen LogP contribution in [0.25, 0.3) is 0 Å². The lowest BCUT2D eigenvalue weighted by Crippen LogP contribution is -2.01. The third kappa shape index (κ3) is 3.03. The van der Waals surface area contributed by atoms with Crippen LogP contribution in [0.1, 0.15) is 21.5 Å². The number of halogens is 2. The van der Waals surface area contributed by atoms with Gasteiger partial charge in [0, 0.05) is 11.1 Å². The standard InChI is InChI=1S/C15H9BrFNO2/c16-13-6-10(8-19)4-5-14(13)20-9-12-3-1-2-11(7-18)15(12)17/h1-6,8H,9H2. The van der Waals surface area contributed by atoms with Gasteiger partial charge in [-0.1, -0.05) is 12.1 Å². The zero-order chi connectivity index (χ0) is 14.5. The van der Waals surface area contributed by atoms with E-state index in [-0.39, 0.29) is 12.2 Å². The number of rotatable bonds is 4. The molecule has 3 nitrogen and oxygen atoms in total. The maximum Gasteiger partial charge on any atom is 0.150 e. The highest BCUT2D eigenvalue weighted by Crippen LogP contribution is 2.26. The third-order valence-electron chi connectivity index (χ3n) is 2.67. The molecule has 2 aromatic rings. The molecule has 0 aromatic heterocycles. The number of nitrogens with zero attached hydrogens (tertiary/aromatic N) is 1. The first kappa shape index (κ1) is 14.2. The molecule has 0 bridgehead atoms. The van der Waals surface area contributed by atoms with Crippen molar-refractivity contribution in [3.63, 3.8) is 0 Å². The van der Waals surface area contributed by atoms with E-state index in [0.717, 1.165) is 6.29 Å². The van der Waals surface area contributed by atoms with Gasteiger partial charge >= 0.3 is 0 Å². The number of aldehydes is 1. The van der Waals surface area contributed by atoms with E-state index in [0.29, 0.717) is 21.3 Å². The summed E-state index contributed by atoms with van der Waals surface area (Å²) in [6, 6.07) is 11.2. The fraction of sp³-hybridized carbons (Fsp3) is 0.0667. The van der Waals surface area contributed by atoms with E-state index in [4.69, 9.17) is 10.00 Å². The lowest BCUT2D eigenvalue weighted by atomic mass is 10.1. The summed E-state index contributed by atoms with van der Waals surface area (Å²) in [7, 11) is 0. The van der Waals surface area contributed by atoms with Crippen molar-refractivity contribution < 1.29 is 13.9 Å². The molecule has 0 saturated carbocycles. The van der Waals surface area contributed by atoms with Gasteiger partial charge in [0.05, 0.1) is 10.0 Å². The predicted octanol–water partition coefficient (Wildman–Crippen LogP) is 3.85. The summed E-state index contributed by atoms with van der Waals surface area (Å²) in [4.78, 5) is 10.6. The molecule has 2 rings (SSSR count). The average molecular weight is 334 g/mol. The Morgan fingerprint density at radius 3 is 2.80 bits per heavy atom. The van der Waals surface area contributed by atoms with Crippen molar-refractivity contribution in [1.29, 1.82) is 5.26 Å². The van der Waals surface area contributed by atoms with Crippen molar-refractivity contribution in [2.24, 2.45) is 0 Å². The summed E-state index contributed by atoms with van der Waals surface area (Å²) in [6.07, 6.45) is 0.727. The predicted molar refractivity (Wildman–Crippen MR) is 75.0 cm³/mol. The van der Waals surface area contributed by atoms with Crippen molar-refractivity contribution in [2.45, 2.75) is 6.61 Å². The molecule has 0 N–H and O–H groups in total. The minimum absolute atomic E-state index is 0.000386. The van der Waals surface area contributed by atoms with Crippen LogP contribution in [0.15, 0.2) is 40.9 Å². The Balaban J connectivity index is 2.17. The van der Waals surface area contributed by atoms with Crippen LogP contribution in [0.5, 0.6) is 5.75 Å². The van der Waals surface area contributed by atoms with Crippen LogP contribution in [0.2, 0.25) is 0 Å². The summed E-state index contributed by atoms with van der Waals surface area (Å²) in [5.74, 6) is -0.0759. The summed E-state index contributed by atoms with van der Waals surface area (Å²) in [5.41, 5.74) is 0.804. The quantitative estimate of drug-likeness (QED) is 0.798. The largest absolute Gasteiger partial charge is 0.488 e. The third-order valence-corrected chi connectivity index (χ3v) is 3.29.